The molecule has 110 valence electrons. The van der Waals surface area contributed by atoms with Gasteiger partial charge in [0.15, 0.2) is 5.82 Å². The molecule has 0 radical (unpaired) electrons. The van der Waals surface area contributed by atoms with E-state index in [0.717, 1.165) is 34.5 Å². The number of phenolic OH excluding ortho intramolecular Hbond substituents is 1. The Labute approximate surface area is 132 Å². The van der Waals surface area contributed by atoms with Gasteiger partial charge in [0, 0.05) is 18.0 Å². The van der Waals surface area contributed by atoms with E-state index in [9.17, 15) is 5.11 Å². The molecule has 4 nitrogen and oxygen atoms in total. The highest BCUT2D eigenvalue weighted by Crippen LogP contribution is 2.44. The number of rotatable bonds is 5. The lowest BCUT2D eigenvalue weighted by Crippen LogP contribution is -2.07. The number of halogens is 1. The van der Waals surface area contributed by atoms with Crippen molar-refractivity contribution >= 4 is 21.7 Å². The topological polar surface area (TPSA) is 58.0 Å². The number of aromatic nitrogens is 2. The second-order valence-corrected chi connectivity index (χ2v) is 6.14. The molecule has 0 amide bonds. The molecule has 3 rings (SSSR count). The molecule has 1 fully saturated rings. The summed E-state index contributed by atoms with van der Waals surface area (Å²) in [5, 5.41) is 13.0. The molecule has 5 heteroatoms. The number of phenols is 1. The molecular formula is C16H18BrN3O. The smallest absolute Gasteiger partial charge is 0.161 e. The third-order valence-corrected chi connectivity index (χ3v) is 4.27. The van der Waals surface area contributed by atoms with E-state index in [0.29, 0.717) is 11.7 Å². The minimum absolute atomic E-state index is 0.232. The van der Waals surface area contributed by atoms with Gasteiger partial charge in [-0.15, -0.1) is 0 Å². The minimum Gasteiger partial charge on any atom is -0.508 e. The lowest BCUT2D eigenvalue weighted by Gasteiger charge is -2.12. The summed E-state index contributed by atoms with van der Waals surface area (Å²) in [7, 11) is 0. The van der Waals surface area contributed by atoms with Crippen LogP contribution in [0.2, 0.25) is 0 Å². The molecular weight excluding hydrogens is 330 g/mol. The maximum Gasteiger partial charge on any atom is 0.161 e. The van der Waals surface area contributed by atoms with Crippen molar-refractivity contribution in [2.45, 2.75) is 32.1 Å². The number of nitrogens with one attached hydrogen (secondary N) is 1. The SMILES string of the molecule is CCCNc1nc(-c2cccc(O)c2)nc(C2CC2)c1Br. The summed E-state index contributed by atoms with van der Waals surface area (Å²) >= 11 is 3.64. The number of benzene rings is 1. The van der Waals surface area contributed by atoms with Crippen molar-refractivity contribution in [3.63, 3.8) is 0 Å². The largest absolute Gasteiger partial charge is 0.508 e. The average Bonchev–Trinajstić information content (AvgIpc) is 3.31. The number of anilines is 1. The molecule has 2 N–H and O–H groups in total. The molecule has 0 unspecified atom stereocenters. The van der Waals surface area contributed by atoms with Crippen LogP contribution in [0.1, 0.15) is 37.8 Å². The van der Waals surface area contributed by atoms with E-state index in [-0.39, 0.29) is 5.75 Å². The fourth-order valence-electron chi connectivity index (χ4n) is 2.23. The van der Waals surface area contributed by atoms with Crippen LogP contribution in [0.3, 0.4) is 0 Å². The summed E-state index contributed by atoms with van der Waals surface area (Å²) in [5.74, 6) is 2.26. The first kappa shape index (κ1) is 14.3. The van der Waals surface area contributed by atoms with Crippen molar-refractivity contribution in [1.29, 1.82) is 0 Å². The predicted octanol–water partition coefficient (Wildman–Crippen LogP) is 4.31. The monoisotopic (exact) mass is 347 g/mol. The van der Waals surface area contributed by atoms with Gasteiger partial charge in [0.1, 0.15) is 11.6 Å². The molecule has 1 aliphatic carbocycles. The van der Waals surface area contributed by atoms with Crippen LogP contribution in [0.15, 0.2) is 28.7 Å². The maximum atomic E-state index is 9.65. The Balaban J connectivity index is 2.05. The zero-order valence-electron chi connectivity index (χ0n) is 11.9. The summed E-state index contributed by atoms with van der Waals surface area (Å²) in [6.45, 7) is 3.00. The number of hydrogen-bond donors (Lipinski definition) is 2. The fraction of sp³-hybridized carbons (Fsp3) is 0.375. The van der Waals surface area contributed by atoms with Gasteiger partial charge in [-0.2, -0.15) is 0 Å². The highest BCUT2D eigenvalue weighted by molar-refractivity contribution is 9.10. The quantitative estimate of drug-likeness (QED) is 0.845. The number of nitrogens with zero attached hydrogens (tertiary/aromatic N) is 2. The van der Waals surface area contributed by atoms with Crippen molar-refractivity contribution in [3.05, 3.63) is 34.4 Å². The van der Waals surface area contributed by atoms with Crippen LogP contribution < -0.4 is 5.32 Å². The third kappa shape index (κ3) is 3.18. The van der Waals surface area contributed by atoms with Gasteiger partial charge in [-0.05, 0) is 47.3 Å². The fourth-order valence-corrected chi connectivity index (χ4v) is 2.87. The summed E-state index contributed by atoms with van der Waals surface area (Å²) < 4.78 is 0.974. The van der Waals surface area contributed by atoms with Crippen LogP contribution in [0, 0.1) is 0 Å². The molecule has 1 aromatic heterocycles. The van der Waals surface area contributed by atoms with Crippen molar-refractivity contribution in [3.8, 4) is 17.1 Å². The summed E-state index contributed by atoms with van der Waals surface area (Å²) in [4.78, 5) is 9.32. The first-order valence-electron chi connectivity index (χ1n) is 7.29. The lowest BCUT2D eigenvalue weighted by atomic mass is 10.2. The van der Waals surface area contributed by atoms with Crippen LogP contribution in [0.5, 0.6) is 5.75 Å². The van der Waals surface area contributed by atoms with Gasteiger partial charge in [0.2, 0.25) is 0 Å². The standard InChI is InChI=1S/C16H18BrN3O/c1-2-8-18-16-13(17)14(10-6-7-10)19-15(20-16)11-4-3-5-12(21)9-11/h3-5,9-10,21H,2,6-8H2,1H3,(H,18,19,20). The molecule has 21 heavy (non-hydrogen) atoms. The maximum absolute atomic E-state index is 9.65. The Morgan fingerprint density at radius 1 is 1.33 bits per heavy atom. The van der Waals surface area contributed by atoms with Crippen molar-refractivity contribution < 1.29 is 5.11 Å². The van der Waals surface area contributed by atoms with E-state index in [2.05, 4.69) is 33.2 Å². The van der Waals surface area contributed by atoms with Gasteiger partial charge in [-0.25, -0.2) is 9.97 Å². The van der Waals surface area contributed by atoms with E-state index < -0.39 is 0 Å². The lowest BCUT2D eigenvalue weighted by molar-refractivity contribution is 0.475. The Morgan fingerprint density at radius 3 is 2.81 bits per heavy atom. The first-order valence-corrected chi connectivity index (χ1v) is 8.09. The summed E-state index contributed by atoms with van der Waals surface area (Å²) in [5.41, 5.74) is 1.91. The molecule has 0 saturated heterocycles. The van der Waals surface area contributed by atoms with Crippen LogP contribution >= 0.6 is 15.9 Å². The second-order valence-electron chi connectivity index (χ2n) is 5.35. The van der Waals surface area contributed by atoms with Crippen molar-refractivity contribution in [1.82, 2.24) is 9.97 Å². The van der Waals surface area contributed by atoms with Gasteiger partial charge in [-0.1, -0.05) is 19.1 Å². The highest BCUT2D eigenvalue weighted by Gasteiger charge is 2.29. The molecule has 0 aliphatic heterocycles. The van der Waals surface area contributed by atoms with Crippen molar-refractivity contribution in [2.75, 3.05) is 11.9 Å². The first-order chi connectivity index (χ1) is 10.2. The van der Waals surface area contributed by atoms with Gasteiger partial charge in [0.05, 0.1) is 10.2 Å². The average molecular weight is 348 g/mol. The third-order valence-electron chi connectivity index (χ3n) is 3.49. The Hall–Kier alpha value is -1.62. The van der Waals surface area contributed by atoms with Crippen molar-refractivity contribution in [2.24, 2.45) is 0 Å². The molecule has 1 aromatic carbocycles. The van der Waals surface area contributed by atoms with Crippen LogP contribution in [-0.2, 0) is 0 Å². The zero-order valence-corrected chi connectivity index (χ0v) is 13.5. The highest BCUT2D eigenvalue weighted by atomic mass is 79.9. The zero-order chi connectivity index (χ0) is 14.8. The van der Waals surface area contributed by atoms with Gasteiger partial charge in [-0.3, -0.25) is 0 Å². The molecule has 0 spiro atoms. The van der Waals surface area contributed by atoms with E-state index in [1.54, 1.807) is 12.1 Å². The Bertz CT molecular complexity index is 656. The molecule has 2 aromatic rings. The Morgan fingerprint density at radius 2 is 2.14 bits per heavy atom. The van der Waals surface area contributed by atoms with E-state index >= 15 is 0 Å². The normalized spacial score (nSPS) is 14.2. The number of hydrogen-bond acceptors (Lipinski definition) is 4. The number of aromatic hydroxyl groups is 1. The van der Waals surface area contributed by atoms with Crippen LogP contribution in [0.4, 0.5) is 5.82 Å². The molecule has 0 atom stereocenters. The second kappa shape index (κ2) is 6.02. The molecule has 0 bridgehead atoms. The summed E-state index contributed by atoms with van der Waals surface area (Å²) in [6.07, 6.45) is 3.40. The minimum atomic E-state index is 0.232. The van der Waals surface area contributed by atoms with Crippen LogP contribution in [-0.4, -0.2) is 21.6 Å². The van der Waals surface area contributed by atoms with E-state index in [1.165, 1.54) is 12.8 Å². The van der Waals surface area contributed by atoms with E-state index in [1.807, 2.05) is 12.1 Å². The Kier molecular flexibility index (Phi) is 4.10. The predicted molar refractivity (Wildman–Crippen MR) is 87.6 cm³/mol. The van der Waals surface area contributed by atoms with Gasteiger partial charge < -0.3 is 10.4 Å². The molecule has 1 aliphatic rings. The molecule has 1 saturated carbocycles. The van der Waals surface area contributed by atoms with Gasteiger partial charge in [0.25, 0.3) is 0 Å². The summed E-state index contributed by atoms with van der Waals surface area (Å²) in [6, 6.07) is 7.08. The van der Waals surface area contributed by atoms with Gasteiger partial charge >= 0.3 is 0 Å². The molecule has 1 heterocycles. The van der Waals surface area contributed by atoms with E-state index in [4.69, 9.17) is 4.98 Å². The van der Waals surface area contributed by atoms with Crippen LogP contribution in [0.25, 0.3) is 11.4 Å².